The second kappa shape index (κ2) is 5.26. The lowest BCUT2D eigenvalue weighted by Crippen LogP contribution is -2.26. The molecule has 1 saturated heterocycles. The first-order chi connectivity index (χ1) is 10.0. The van der Waals surface area contributed by atoms with Gasteiger partial charge in [-0.25, -0.2) is 0 Å². The van der Waals surface area contributed by atoms with E-state index in [2.05, 4.69) is 0 Å². The van der Waals surface area contributed by atoms with Crippen molar-refractivity contribution in [2.45, 2.75) is 38.7 Å². The zero-order chi connectivity index (χ0) is 15.1. The molecule has 5 nitrogen and oxygen atoms in total. The topological polar surface area (TPSA) is 71.7 Å². The standard InChI is InChI=1S/C16H19NO4/c1-9-5-10(2)15-11(6-9)3-4-17(16(15)20)14-7-12(19)13(8-18)21-14/h3-6,12-14,18-19H,7-8H2,1-2H3/t12-,13-,14-/m1/s1. The quantitative estimate of drug-likeness (QED) is 0.873. The number of hydrogen-bond donors (Lipinski definition) is 2. The predicted molar refractivity (Wildman–Crippen MR) is 79.3 cm³/mol. The van der Waals surface area contributed by atoms with Gasteiger partial charge in [0.05, 0.1) is 18.1 Å². The molecule has 1 aliphatic heterocycles. The SMILES string of the molecule is Cc1cc(C)c2c(=O)n([C@H]3C[C@@H](O)[C@@H](CO)O3)ccc2c1. The van der Waals surface area contributed by atoms with E-state index in [1.165, 1.54) is 4.57 Å². The fraction of sp³-hybridized carbons (Fsp3) is 0.438. The second-order valence-electron chi connectivity index (χ2n) is 5.69. The Balaban J connectivity index is 2.09. The smallest absolute Gasteiger partial charge is 0.260 e. The van der Waals surface area contributed by atoms with Crippen molar-refractivity contribution in [1.82, 2.24) is 4.57 Å². The molecule has 2 aromatic rings. The van der Waals surface area contributed by atoms with E-state index in [4.69, 9.17) is 9.84 Å². The van der Waals surface area contributed by atoms with E-state index in [1.54, 1.807) is 6.20 Å². The van der Waals surface area contributed by atoms with Gasteiger partial charge in [-0.3, -0.25) is 9.36 Å². The van der Waals surface area contributed by atoms with Crippen LogP contribution >= 0.6 is 0 Å². The molecular formula is C16H19NO4. The van der Waals surface area contributed by atoms with Gasteiger partial charge in [0, 0.05) is 12.6 Å². The Hall–Kier alpha value is -1.69. The van der Waals surface area contributed by atoms with Crippen LogP contribution in [-0.2, 0) is 4.74 Å². The van der Waals surface area contributed by atoms with Crippen LogP contribution in [0.3, 0.4) is 0 Å². The van der Waals surface area contributed by atoms with Gasteiger partial charge >= 0.3 is 0 Å². The average molecular weight is 289 g/mol. The molecule has 1 aromatic heterocycles. The maximum atomic E-state index is 12.7. The monoisotopic (exact) mass is 289 g/mol. The molecule has 21 heavy (non-hydrogen) atoms. The first kappa shape index (κ1) is 14.3. The summed E-state index contributed by atoms with van der Waals surface area (Å²) in [7, 11) is 0. The highest BCUT2D eigenvalue weighted by Gasteiger charge is 2.34. The van der Waals surface area contributed by atoms with Crippen molar-refractivity contribution >= 4 is 10.8 Å². The molecule has 3 rings (SSSR count). The summed E-state index contributed by atoms with van der Waals surface area (Å²) in [4.78, 5) is 12.7. The highest BCUT2D eigenvalue weighted by Crippen LogP contribution is 2.28. The van der Waals surface area contributed by atoms with Crippen molar-refractivity contribution in [1.29, 1.82) is 0 Å². The molecular weight excluding hydrogens is 270 g/mol. The van der Waals surface area contributed by atoms with E-state index in [-0.39, 0.29) is 12.2 Å². The Labute approximate surface area is 122 Å². The molecule has 0 bridgehead atoms. The molecule has 0 unspecified atom stereocenters. The van der Waals surface area contributed by atoms with Crippen molar-refractivity contribution in [3.05, 3.63) is 45.9 Å². The molecule has 0 saturated carbocycles. The van der Waals surface area contributed by atoms with Crippen molar-refractivity contribution < 1.29 is 14.9 Å². The molecule has 2 heterocycles. The van der Waals surface area contributed by atoms with Crippen LogP contribution in [0.15, 0.2) is 29.2 Å². The maximum Gasteiger partial charge on any atom is 0.260 e. The fourth-order valence-electron chi connectivity index (χ4n) is 3.06. The first-order valence-corrected chi connectivity index (χ1v) is 7.07. The summed E-state index contributed by atoms with van der Waals surface area (Å²) in [5, 5.41) is 20.5. The Bertz CT molecular complexity index is 737. The van der Waals surface area contributed by atoms with Crippen LogP contribution in [0.4, 0.5) is 0 Å². The number of fused-ring (bicyclic) bond motifs is 1. The molecule has 2 N–H and O–H groups in total. The van der Waals surface area contributed by atoms with Gasteiger partial charge in [0.15, 0.2) is 0 Å². The third kappa shape index (κ3) is 2.37. The van der Waals surface area contributed by atoms with Crippen molar-refractivity contribution in [3.8, 4) is 0 Å². The molecule has 0 amide bonds. The Morgan fingerprint density at radius 2 is 2.14 bits per heavy atom. The minimum atomic E-state index is -0.748. The Morgan fingerprint density at radius 3 is 2.81 bits per heavy atom. The van der Waals surface area contributed by atoms with Gasteiger partial charge in [-0.2, -0.15) is 0 Å². The number of nitrogens with zero attached hydrogens (tertiary/aromatic N) is 1. The second-order valence-corrected chi connectivity index (χ2v) is 5.69. The fourth-order valence-corrected chi connectivity index (χ4v) is 3.06. The van der Waals surface area contributed by atoms with Crippen LogP contribution in [0.25, 0.3) is 10.8 Å². The number of aliphatic hydroxyl groups is 2. The summed E-state index contributed by atoms with van der Waals surface area (Å²) in [5.41, 5.74) is 1.92. The third-order valence-corrected chi connectivity index (χ3v) is 4.07. The number of aromatic nitrogens is 1. The van der Waals surface area contributed by atoms with Gasteiger partial charge in [0.2, 0.25) is 0 Å². The zero-order valence-electron chi connectivity index (χ0n) is 12.1. The molecule has 1 aliphatic rings. The molecule has 112 valence electrons. The molecule has 0 aliphatic carbocycles. The normalized spacial score (nSPS) is 25.6. The summed E-state index contributed by atoms with van der Waals surface area (Å²) in [6, 6.07) is 5.85. The van der Waals surface area contributed by atoms with Crippen LogP contribution in [0.2, 0.25) is 0 Å². The largest absolute Gasteiger partial charge is 0.394 e. The van der Waals surface area contributed by atoms with Gasteiger partial charge in [-0.05, 0) is 30.9 Å². The van der Waals surface area contributed by atoms with Crippen LogP contribution in [0, 0.1) is 13.8 Å². The zero-order valence-corrected chi connectivity index (χ0v) is 12.1. The number of ether oxygens (including phenoxy) is 1. The summed E-state index contributed by atoms with van der Waals surface area (Å²) in [5.74, 6) is 0. The lowest BCUT2D eigenvalue weighted by molar-refractivity contribution is -0.0453. The minimum Gasteiger partial charge on any atom is -0.394 e. The number of rotatable bonds is 2. The Morgan fingerprint density at radius 1 is 1.38 bits per heavy atom. The van der Waals surface area contributed by atoms with E-state index >= 15 is 0 Å². The summed E-state index contributed by atoms with van der Waals surface area (Å²) in [6.07, 6.45) is 0.0931. The molecule has 0 spiro atoms. The van der Waals surface area contributed by atoms with E-state index in [1.807, 2.05) is 32.0 Å². The van der Waals surface area contributed by atoms with Gasteiger partial charge in [-0.15, -0.1) is 0 Å². The number of benzene rings is 1. The highest BCUT2D eigenvalue weighted by atomic mass is 16.5. The lowest BCUT2D eigenvalue weighted by atomic mass is 10.0. The van der Waals surface area contributed by atoms with Crippen molar-refractivity contribution in [2.75, 3.05) is 6.61 Å². The van der Waals surface area contributed by atoms with E-state index in [0.29, 0.717) is 11.8 Å². The van der Waals surface area contributed by atoms with Gasteiger partial charge in [0.25, 0.3) is 5.56 Å². The van der Waals surface area contributed by atoms with E-state index < -0.39 is 18.4 Å². The van der Waals surface area contributed by atoms with Crippen LogP contribution in [0.5, 0.6) is 0 Å². The van der Waals surface area contributed by atoms with E-state index in [9.17, 15) is 9.90 Å². The predicted octanol–water partition coefficient (Wildman–Crippen LogP) is 1.26. The third-order valence-electron chi connectivity index (χ3n) is 4.07. The van der Waals surface area contributed by atoms with E-state index in [0.717, 1.165) is 16.5 Å². The molecule has 1 aromatic carbocycles. The number of aryl methyl sites for hydroxylation is 2. The van der Waals surface area contributed by atoms with Crippen LogP contribution < -0.4 is 5.56 Å². The Kier molecular flexibility index (Phi) is 3.57. The van der Waals surface area contributed by atoms with Crippen LogP contribution in [-0.4, -0.2) is 33.6 Å². The summed E-state index contributed by atoms with van der Waals surface area (Å²) < 4.78 is 7.07. The molecule has 0 radical (unpaired) electrons. The maximum absolute atomic E-state index is 12.7. The van der Waals surface area contributed by atoms with Gasteiger partial charge in [-0.1, -0.05) is 17.7 Å². The van der Waals surface area contributed by atoms with Crippen LogP contribution in [0.1, 0.15) is 23.8 Å². The number of hydrogen-bond acceptors (Lipinski definition) is 4. The average Bonchev–Trinajstić information content (AvgIpc) is 2.79. The lowest BCUT2D eigenvalue weighted by Gasteiger charge is -2.16. The van der Waals surface area contributed by atoms with Gasteiger partial charge in [0.1, 0.15) is 12.3 Å². The van der Waals surface area contributed by atoms with Crippen molar-refractivity contribution in [3.63, 3.8) is 0 Å². The molecule has 1 fully saturated rings. The molecule has 3 atom stereocenters. The summed E-state index contributed by atoms with van der Waals surface area (Å²) in [6.45, 7) is 3.67. The van der Waals surface area contributed by atoms with Crippen molar-refractivity contribution in [2.24, 2.45) is 0 Å². The van der Waals surface area contributed by atoms with Gasteiger partial charge < -0.3 is 14.9 Å². The number of aliphatic hydroxyl groups excluding tert-OH is 2. The highest BCUT2D eigenvalue weighted by molar-refractivity contribution is 5.85. The first-order valence-electron chi connectivity index (χ1n) is 7.07. The summed E-state index contributed by atoms with van der Waals surface area (Å²) >= 11 is 0. The molecule has 5 heteroatoms. The minimum absolute atomic E-state index is 0.124. The number of pyridine rings is 1.